The minimum absolute atomic E-state index is 0.0734. The van der Waals surface area contributed by atoms with Crippen LogP contribution in [0.3, 0.4) is 0 Å². The second kappa shape index (κ2) is 5.12. The zero-order chi connectivity index (χ0) is 12.1. The first-order valence-corrected chi connectivity index (χ1v) is 4.80. The van der Waals surface area contributed by atoms with E-state index < -0.39 is 5.82 Å². The van der Waals surface area contributed by atoms with Crippen LogP contribution in [0, 0.1) is 17.1 Å². The van der Waals surface area contributed by atoms with Crippen LogP contribution < -0.4 is 5.32 Å². The van der Waals surface area contributed by atoms with Gasteiger partial charge in [0.2, 0.25) is 0 Å². The Balaban J connectivity index is 2.83. The number of anilines is 1. The molecule has 0 aliphatic rings. The van der Waals surface area contributed by atoms with E-state index in [0.717, 1.165) is 6.07 Å². The molecule has 16 heavy (non-hydrogen) atoms. The lowest BCUT2D eigenvalue weighted by Crippen LogP contribution is -2.31. The SMILES string of the molecule is CCN(C)C(=O)Nc1ccc(C#N)cc1F. The van der Waals surface area contributed by atoms with Gasteiger partial charge in [-0.3, -0.25) is 0 Å². The molecular formula is C11H12FN3O. The summed E-state index contributed by atoms with van der Waals surface area (Å²) >= 11 is 0. The molecule has 1 N–H and O–H groups in total. The largest absolute Gasteiger partial charge is 0.328 e. The van der Waals surface area contributed by atoms with Gasteiger partial charge in [-0.05, 0) is 25.1 Å². The van der Waals surface area contributed by atoms with E-state index in [2.05, 4.69) is 5.32 Å². The first-order chi connectivity index (χ1) is 7.58. The second-order valence-electron chi connectivity index (χ2n) is 3.25. The topological polar surface area (TPSA) is 56.1 Å². The second-order valence-corrected chi connectivity index (χ2v) is 3.25. The molecule has 0 aliphatic carbocycles. The third kappa shape index (κ3) is 2.70. The summed E-state index contributed by atoms with van der Waals surface area (Å²) in [5, 5.41) is 11.0. The van der Waals surface area contributed by atoms with E-state index in [9.17, 15) is 9.18 Å². The van der Waals surface area contributed by atoms with Crippen molar-refractivity contribution in [1.29, 1.82) is 5.26 Å². The standard InChI is InChI=1S/C11H12FN3O/c1-3-15(2)11(16)14-10-5-4-8(7-13)6-9(10)12/h4-6H,3H2,1-2H3,(H,14,16). The Morgan fingerprint density at radius 2 is 2.31 bits per heavy atom. The lowest BCUT2D eigenvalue weighted by molar-refractivity contribution is 0.224. The summed E-state index contributed by atoms with van der Waals surface area (Å²) in [6.07, 6.45) is 0. The number of hydrogen-bond acceptors (Lipinski definition) is 2. The molecule has 0 atom stereocenters. The van der Waals surface area contributed by atoms with E-state index >= 15 is 0 Å². The van der Waals surface area contributed by atoms with Gasteiger partial charge in [0.1, 0.15) is 5.82 Å². The van der Waals surface area contributed by atoms with Crippen LogP contribution in [0.5, 0.6) is 0 Å². The van der Waals surface area contributed by atoms with Gasteiger partial charge in [0.15, 0.2) is 0 Å². The van der Waals surface area contributed by atoms with Crippen LogP contribution in [0.15, 0.2) is 18.2 Å². The first-order valence-electron chi connectivity index (χ1n) is 4.80. The Labute approximate surface area is 93.3 Å². The molecule has 0 unspecified atom stereocenters. The van der Waals surface area contributed by atoms with Gasteiger partial charge in [0, 0.05) is 13.6 Å². The number of carbonyl (C=O) groups excluding carboxylic acids is 1. The molecule has 1 aromatic rings. The summed E-state index contributed by atoms with van der Waals surface area (Å²) in [5.41, 5.74) is 0.295. The molecule has 84 valence electrons. The van der Waals surface area contributed by atoms with Crippen LogP contribution in [0.25, 0.3) is 0 Å². The average Bonchev–Trinajstić information content (AvgIpc) is 2.30. The number of rotatable bonds is 2. The van der Waals surface area contributed by atoms with Gasteiger partial charge in [0.25, 0.3) is 0 Å². The van der Waals surface area contributed by atoms with Gasteiger partial charge >= 0.3 is 6.03 Å². The fourth-order valence-electron chi connectivity index (χ4n) is 1.04. The summed E-state index contributed by atoms with van der Waals surface area (Å²) in [4.78, 5) is 12.8. The maximum Gasteiger partial charge on any atom is 0.321 e. The monoisotopic (exact) mass is 221 g/mol. The van der Waals surface area contributed by atoms with Gasteiger partial charge in [-0.25, -0.2) is 9.18 Å². The lowest BCUT2D eigenvalue weighted by Gasteiger charge is -2.15. The zero-order valence-corrected chi connectivity index (χ0v) is 9.12. The number of nitrogens with one attached hydrogen (secondary N) is 1. The van der Waals surface area contributed by atoms with Crippen molar-refractivity contribution in [3.63, 3.8) is 0 Å². The van der Waals surface area contributed by atoms with Gasteiger partial charge in [-0.1, -0.05) is 0 Å². The Hall–Kier alpha value is -2.09. The molecule has 0 saturated heterocycles. The smallest absolute Gasteiger partial charge is 0.321 e. The van der Waals surface area contributed by atoms with Gasteiger partial charge < -0.3 is 10.2 Å². The summed E-state index contributed by atoms with van der Waals surface area (Å²) in [5.74, 6) is -0.614. The minimum atomic E-state index is -0.614. The van der Waals surface area contributed by atoms with Crippen molar-refractivity contribution < 1.29 is 9.18 Å². The van der Waals surface area contributed by atoms with Gasteiger partial charge in [0.05, 0.1) is 17.3 Å². The van der Waals surface area contributed by atoms with Crippen molar-refractivity contribution in [1.82, 2.24) is 4.90 Å². The number of hydrogen-bond donors (Lipinski definition) is 1. The molecule has 1 rings (SSSR count). The molecule has 5 heteroatoms. The Kier molecular flexibility index (Phi) is 3.84. The molecule has 0 saturated carbocycles. The van der Waals surface area contributed by atoms with Crippen LogP contribution >= 0.6 is 0 Å². The number of amides is 2. The van der Waals surface area contributed by atoms with Crippen molar-refractivity contribution >= 4 is 11.7 Å². The summed E-state index contributed by atoms with van der Waals surface area (Å²) < 4.78 is 13.4. The number of benzene rings is 1. The Morgan fingerprint density at radius 1 is 1.62 bits per heavy atom. The Morgan fingerprint density at radius 3 is 2.81 bits per heavy atom. The van der Waals surface area contributed by atoms with E-state index in [0.29, 0.717) is 6.54 Å². The number of carbonyl (C=O) groups is 1. The highest BCUT2D eigenvalue weighted by atomic mass is 19.1. The molecule has 0 heterocycles. The summed E-state index contributed by atoms with van der Waals surface area (Å²) in [7, 11) is 1.61. The van der Waals surface area contributed by atoms with Crippen LogP contribution in [0.2, 0.25) is 0 Å². The maximum absolute atomic E-state index is 13.4. The van der Waals surface area contributed by atoms with Crippen molar-refractivity contribution in [2.75, 3.05) is 18.9 Å². The highest BCUT2D eigenvalue weighted by Gasteiger charge is 2.10. The average molecular weight is 221 g/mol. The maximum atomic E-state index is 13.4. The first kappa shape index (κ1) is 12.0. The van der Waals surface area contributed by atoms with Crippen LogP contribution in [-0.2, 0) is 0 Å². The molecule has 2 amide bonds. The molecule has 1 aromatic carbocycles. The Bertz CT molecular complexity index is 439. The zero-order valence-electron chi connectivity index (χ0n) is 9.12. The number of nitrogens with zero attached hydrogens (tertiary/aromatic N) is 2. The van der Waals surface area contributed by atoms with Gasteiger partial charge in [-0.15, -0.1) is 0 Å². The van der Waals surface area contributed by atoms with Crippen LogP contribution in [0.1, 0.15) is 12.5 Å². The molecule has 0 bridgehead atoms. The van der Waals surface area contributed by atoms with E-state index in [-0.39, 0.29) is 17.3 Å². The van der Waals surface area contributed by atoms with E-state index in [4.69, 9.17) is 5.26 Å². The van der Waals surface area contributed by atoms with Crippen LogP contribution in [0.4, 0.5) is 14.9 Å². The van der Waals surface area contributed by atoms with Gasteiger partial charge in [-0.2, -0.15) is 5.26 Å². The van der Waals surface area contributed by atoms with E-state index in [1.54, 1.807) is 7.05 Å². The summed E-state index contributed by atoms with van der Waals surface area (Å²) in [6.45, 7) is 2.35. The predicted molar refractivity (Wildman–Crippen MR) is 58.4 cm³/mol. The molecule has 0 spiro atoms. The molecule has 0 fully saturated rings. The van der Waals surface area contributed by atoms with Crippen molar-refractivity contribution in [2.24, 2.45) is 0 Å². The third-order valence-electron chi connectivity index (χ3n) is 2.16. The van der Waals surface area contributed by atoms with Crippen molar-refractivity contribution in [2.45, 2.75) is 6.92 Å². The fraction of sp³-hybridized carbons (Fsp3) is 0.273. The minimum Gasteiger partial charge on any atom is -0.328 e. The molecule has 4 nitrogen and oxygen atoms in total. The molecule has 0 radical (unpaired) electrons. The quantitative estimate of drug-likeness (QED) is 0.832. The normalized spacial score (nSPS) is 9.38. The highest BCUT2D eigenvalue weighted by molar-refractivity contribution is 5.89. The molecule has 0 aliphatic heterocycles. The number of nitriles is 1. The third-order valence-corrected chi connectivity index (χ3v) is 2.16. The van der Waals surface area contributed by atoms with Crippen molar-refractivity contribution in [3.05, 3.63) is 29.6 Å². The molecular weight excluding hydrogens is 209 g/mol. The van der Waals surface area contributed by atoms with Crippen LogP contribution in [-0.4, -0.2) is 24.5 Å². The number of urea groups is 1. The predicted octanol–water partition coefficient (Wildman–Crippen LogP) is 2.18. The summed E-state index contributed by atoms with van der Waals surface area (Å²) in [6, 6.07) is 5.34. The van der Waals surface area contributed by atoms with E-state index in [1.165, 1.54) is 17.0 Å². The lowest BCUT2D eigenvalue weighted by atomic mass is 10.2. The number of halogens is 1. The van der Waals surface area contributed by atoms with Crippen molar-refractivity contribution in [3.8, 4) is 6.07 Å². The molecule has 0 aromatic heterocycles. The highest BCUT2D eigenvalue weighted by Crippen LogP contribution is 2.15. The van der Waals surface area contributed by atoms with E-state index in [1.807, 2.05) is 13.0 Å². The fourth-order valence-corrected chi connectivity index (χ4v) is 1.04.